The Morgan fingerprint density at radius 2 is 2.22 bits per heavy atom. The molecule has 1 amide bonds. The maximum absolute atomic E-state index is 11.6. The van der Waals surface area contributed by atoms with E-state index in [9.17, 15) is 4.79 Å². The monoisotopic (exact) mass is 251 g/mol. The molecule has 1 fully saturated rings. The van der Waals surface area contributed by atoms with Crippen LogP contribution in [-0.4, -0.2) is 19.0 Å². The number of nitrogens with one attached hydrogen (secondary N) is 1. The minimum absolute atomic E-state index is 0.0854. The summed E-state index contributed by atoms with van der Waals surface area (Å²) in [6.45, 7) is 2.11. The maximum atomic E-state index is 11.6. The van der Waals surface area contributed by atoms with E-state index in [0.717, 1.165) is 18.2 Å². The van der Waals surface area contributed by atoms with E-state index in [2.05, 4.69) is 10.6 Å². The number of amides is 1. The lowest BCUT2D eigenvalue weighted by Gasteiger charge is -2.19. The highest BCUT2D eigenvalue weighted by atomic mass is 16.3. The van der Waals surface area contributed by atoms with E-state index in [1.807, 2.05) is 12.1 Å². The van der Waals surface area contributed by atoms with Gasteiger partial charge in [-0.15, -0.1) is 0 Å². The van der Waals surface area contributed by atoms with E-state index >= 15 is 0 Å². The first-order chi connectivity index (χ1) is 8.84. The highest BCUT2D eigenvalue weighted by Crippen LogP contribution is 2.21. The first-order valence-corrected chi connectivity index (χ1v) is 6.95. The van der Waals surface area contributed by atoms with Crippen LogP contribution in [0.1, 0.15) is 37.9 Å². The minimum atomic E-state index is 0.0854. The number of nitrogens with two attached hydrogens (primary N) is 1. The van der Waals surface area contributed by atoms with Gasteiger partial charge in [0.25, 0.3) is 5.91 Å². The summed E-state index contributed by atoms with van der Waals surface area (Å²) < 4.78 is 5.16. The normalized spacial score (nSPS) is 16.7. The zero-order chi connectivity index (χ0) is 12.6. The third-order valence-electron chi connectivity index (χ3n) is 3.59. The Labute approximate surface area is 108 Å². The van der Waals surface area contributed by atoms with Crippen molar-refractivity contribution in [2.24, 2.45) is 5.92 Å². The smallest absolute Gasteiger partial charge is 0.275 e. The van der Waals surface area contributed by atoms with Gasteiger partial charge in [-0.25, -0.2) is 0 Å². The van der Waals surface area contributed by atoms with E-state index in [1.54, 1.807) is 6.26 Å². The van der Waals surface area contributed by atoms with Crippen LogP contribution in [0.15, 0.2) is 22.8 Å². The average Bonchev–Trinajstić information content (AvgIpc) is 2.91. The van der Waals surface area contributed by atoms with Gasteiger partial charge in [-0.05, 0) is 25.0 Å². The molecule has 1 aliphatic rings. The molecular weight excluding hydrogens is 228 g/mol. The molecule has 0 spiro atoms. The van der Waals surface area contributed by atoms with Gasteiger partial charge in [-0.3, -0.25) is 4.79 Å². The Morgan fingerprint density at radius 3 is 2.94 bits per heavy atom. The van der Waals surface area contributed by atoms with E-state index < -0.39 is 0 Å². The molecule has 2 rings (SSSR count). The molecule has 0 radical (unpaired) electrons. The van der Waals surface area contributed by atoms with E-state index in [1.165, 1.54) is 32.1 Å². The maximum Gasteiger partial charge on any atom is 0.275 e. The summed E-state index contributed by atoms with van der Waals surface area (Å²) in [5, 5.41) is 4.99. The summed E-state index contributed by atoms with van der Waals surface area (Å²) >= 11 is 0. The highest BCUT2D eigenvalue weighted by Gasteiger charge is 2.15. The van der Waals surface area contributed by atoms with Gasteiger partial charge < -0.3 is 15.1 Å². The fraction of sp³-hybridized carbons (Fsp3) is 0.643. The van der Waals surface area contributed by atoms with Gasteiger partial charge in [-0.1, -0.05) is 19.3 Å². The van der Waals surface area contributed by atoms with Crippen molar-refractivity contribution in [1.29, 1.82) is 0 Å². The molecule has 4 nitrogen and oxygen atoms in total. The fourth-order valence-corrected chi connectivity index (χ4v) is 2.54. The Bertz CT molecular complexity index is 343. The molecule has 0 unspecified atom stereocenters. The van der Waals surface area contributed by atoms with Crippen LogP contribution in [0.3, 0.4) is 0 Å². The summed E-state index contributed by atoms with van der Waals surface area (Å²) in [7, 11) is 0. The van der Waals surface area contributed by atoms with Crippen molar-refractivity contribution in [2.45, 2.75) is 38.6 Å². The summed E-state index contributed by atoms with van der Waals surface area (Å²) in [5.74, 6) is 1.70. The number of rotatable bonds is 6. The van der Waals surface area contributed by atoms with Crippen LogP contribution in [0, 0.1) is 5.92 Å². The van der Waals surface area contributed by atoms with Gasteiger partial charge in [0.15, 0.2) is 6.54 Å². The molecule has 1 heterocycles. The first kappa shape index (κ1) is 13.1. The van der Waals surface area contributed by atoms with Crippen molar-refractivity contribution in [3.63, 3.8) is 0 Å². The molecule has 0 atom stereocenters. The quantitative estimate of drug-likeness (QED) is 0.793. The fourth-order valence-electron chi connectivity index (χ4n) is 2.54. The molecule has 1 aliphatic carbocycles. The van der Waals surface area contributed by atoms with Crippen molar-refractivity contribution in [3.8, 4) is 0 Å². The highest BCUT2D eigenvalue weighted by molar-refractivity contribution is 5.76. The Kier molecular flexibility index (Phi) is 5.27. The molecule has 1 aromatic heterocycles. The Hall–Kier alpha value is -1.29. The van der Waals surface area contributed by atoms with E-state index in [-0.39, 0.29) is 5.91 Å². The zero-order valence-corrected chi connectivity index (χ0v) is 10.9. The number of furan rings is 1. The lowest BCUT2D eigenvalue weighted by atomic mass is 9.89. The largest absolute Gasteiger partial charge is 0.467 e. The second-order valence-electron chi connectivity index (χ2n) is 5.09. The summed E-state index contributed by atoms with van der Waals surface area (Å²) in [5.41, 5.74) is 0. The standard InChI is InChI=1S/C14H22N2O2/c17-14(16-10-13-7-4-8-18-13)11-15-9-12-5-2-1-3-6-12/h4,7-8,12,15H,1-3,5-6,9-11H2,(H,16,17)/p+1. The predicted octanol–water partition coefficient (Wildman–Crippen LogP) is 1.04. The number of carbonyl (C=O) groups is 1. The van der Waals surface area contributed by atoms with Crippen LogP contribution in [-0.2, 0) is 11.3 Å². The van der Waals surface area contributed by atoms with Gasteiger partial charge in [0.2, 0.25) is 0 Å². The van der Waals surface area contributed by atoms with Crippen LogP contribution in [0.2, 0.25) is 0 Å². The molecule has 4 heteroatoms. The second kappa shape index (κ2) is 7.21. The lowest BCUT2D eigenvalue weighted by Crippen LogP contribution is -2.87. The molecule has 0 saturated heterocycles. The van der Waals surface area contributed by atoms with Gasteiger partial charge in [0, 0.05) is 5.92 Å². The van der Waals surface area contributed by atoms with Crippen molar-refractivity contribution >= 4 is 5.91 Å². The molecule has 100 valence electrons. The van der Waals surface area contributed by atoms with Crippen LogP contribution < -0.4 is 10.6 Å². The molecule has 0 aromatic carbocycles. The molecule has 18 heavy (non-hydrogen) atoms. The third-order valence-corrected chi connectivity index (χ3v) is 3.59. The SMILES string of the molecule is O=C(C[NH2+]CC1CCCCC1)NCc1ccco1. The number of hydrogen-bond acceptors (Lipinski definition) is 2. The predicted molar refractivity (Wildman–Crippen MR) is 68.8 cm³/mol. The van der Waals surface area contributed by atoms with Crippen LogP contribution >= 0.6 is 0 Å². The summed E-state index contributed by atoms with van der Waals surface area (Å²) in [4.78, 5) is 11.6. The molecule has 3 N–H and O–H groups in total. The Morgan fingerprint density at radius 1 is 1.39 bits per heavy atom. The van der Waals surface area contributed by atoms with Crippen molar-refractivity contribution in [3.05, 3.63) is 24.2 Å². The van der Waals surface area contributed by atoms with E-state index in [4.69, 9.17) is 4.42 Å². The van der Waals surface area contributed by atoms with Gasteiger partial charge >= 0.3 is 0 Å². The van der Waals surface area contributed by atoms with Crippen LogP contribution in [0.25, 0.3) is 0 Å². The van der Waals surface area contributed by atoms with Gasteiger partial charge in [-0.2, -0.15) is 0 Å². The van der Waals surface area contributed by atoms with Crippen molar-refractivity contribution < 1.29 is 14.5 Å². The third kappa shape index (κ3) is 4.53. The van der Waals surface area contributed by atoms with Crippen molar-refractivity contribution in [2.75, 3.05) is 13.1 Å². The number of carbonyl (C=O) groups excluding carboxylic acids is 1. The minimum Gasteiger partial charge on any atom is -0.467 e. The number of quaternary nitrogens is 1. The molecule has 0 bridgehead atoms. The molecule has 1 aromatic rings. The molecule has 0 aliphatic heterocycles. The zero-order valence-electron chi connectivity index (χ0n) is 10.9. The van der Waals surface area contributed by atoms with Crippen molar-refractivity contribution in [1.82, 2.24) is 5.32 Å². The topological polar surface area (TPSA) is 58.9 Å². The number of hydrogen-bond donors (Lipinski definition) is 2. The lowest BCUT2D eigenvalue weighted by molar-refractivity contribution is -0.650. The van der Waals surface area contributed by atoms with Crippen LogP contribution in [0.4, 0.5) is 0 Å². The molecular formula is C14H23N2O2+. The molecule has 1 saturated carbocycles. The first-order valence-electron chi connectivity index (χ1n) is 6.95. The summed E-state index contributed by atoms with van der Waals surface area (Å²) in [6.07, 6.45) is 8.41. The van der Waals surface area contributed by atoms with Gasteiger partial charge in [0.05, 0.1) is 19.4 Å². The van der Waals surface area contributed by atoms with Crippen LogP contribution in [0.5, 0.6) is 0 Å². The Balaban J connectivity index is 1.54. The van der Waals surface area contributed by atoms with E-state index in [0.29, 0.717) is 13.1 Å². The van der Waals surface area contributed by atoms with Gasteiger partial charge in [0.1, 0.15) is 5.76 Å². The second-order valence-corrected chi connectivity index (χ2v) is 5.09. The average molecular weight is 251 g/mol. The summed E-state index contributed by atoms with van der Waals surface area (Å²) in [6, 6.07) is 3.70.